The lowest BCUT2D eigenvalue weighted by atomic mass is 10.2. The molecule has 0 aromatic carbocycles. The van der Waals surface area contributed by atoms with Crippen molar-refractivity contribution in [2.24, 2.45) is 0 Å². The van der Waals surface area contributed by atoms with Crippen LogP contribution in [-0.2, 0) is 9.53 Å². The van der Waals surface area contributed by atoms with E-state index >= 15 is 0 Å². The van der Waals surface area contributed by atoms with Gasteiger partial charge in [-0.1, -0.05) is 0 Å². The first-order valence-corrected chi connectivity index (χ1v) is 5.50. The Morgan fingerprint density at radius 2 is 2.53 bits per heavy atom. The summed E-state index contributed by atoms with van der Waals surface area (Å²) in [6.45, 7) is 1.59. The summed E-state index contributed by atoms with van der Waals surface area (Å²) < 4.78 is 5.33. The number of aromatic nitrogens is 1. The van der Waals surface area contributed by atoms with Crippen LogP contribution in [0.25, 0.3) is 0 Å². The number of ether oxygens (including phenoxy) is 1. The van der Waals surface area contributed by atoms with E-state index in [1.165, 1.54) is 0 Å². The molecule has 1 aromatic heterocycles. The smallest absolute Gasteiger partial charge is 0.244 e. The summed E-state index contributed by atoms with van der Waals surface area (Å²) in [5.74, 6) is 0.358. The summed E-state index contributed by atoms with van der Waals surface area (Å²) in [5, 5.41) is 2.63. The van der Waals surface area contributed by atoms with Crippen LogP contribution >= 0.6 is 0 Å². The van der Waals surface area contributed by atoms with Gasteiger partial charge in [0.05, 0.1) is 18.9 Å². The van der Waals surface area contributed by atoms with Gasteiger partial charge in [0.15, 0.2) is 0 Å². The van der Waals surface area contributed by atoms with E-state index in [1.807, 2.05) is 17.0 Å². The highest BCUT2D eigenvalue weighted by molar-refractivity contribution is 5.86. The fourth-order valence-electron chi connectivity index (χ4n) is 1.93. The number of pyridine rings is 1. The minimum absolute atomic E-state index is 0.0760. The Kier molecular flexibility index (Phi) is 3.43. The third-order valence-corrected chi connectivity index (χ3v) is 2.80. The second kappa shape index (κ2) is 5.01. The largest absolute Gasteiger partial charge is 0.382 e. The van der Waals surface area contributed by atoms with Crippen molar-refractivity contribution in [1.82, 2.24) is 10.3 Å². The molecule has 1 aliphatic heterocycles. The average molecular weight is 236 g/mol. The first-order chi connectivity index (χ1) is 8.24. The summed E-state index contributed by atoms with van der Waals surface area (Å²) in [4.78, 5) is 17.7. The molecule has 1 fully saturated rings. The van der Waals surface area contributed by atoms with Crippen molar-refractivity contribution >= 4 is 17.4 Å². The normalized spacial score (nSPS) is 20.1. The zero-order valence-electron chi connectivity index (χ0n) is 9.72. The first-order valence-electron chi connectivity index (χ1n) is 5.50. The molecule has 0 saturated carbocycles. The van der Waals surface area contributed by atoms with E-state index in [9.17, 15) is 4.79 Å². The number of likely N-dealkylation sites (N-methyl/N-ethyl adjacent to an activating group) is 1. The lowest BCUT2D eigenvalue weighted by Gasteiger charge is -2.36. The van der Waals surface area contributed by atoms with E-state index in [1.54, 1.807) is 13.2 Å². The highest BCUT2D eigenvalue weighted by Gasteiger charge is 2.30. The molecule has 3 N–H and O–H groups in total. The number of nitrogens with zero attached hydrogens (tertiary/aromatic N) is 2. The molecule has 1 amide bonds. The summed E-state index contributed by atoms with van der Waals surface area (Å²) in [7, 11) is 1.61. The molecule has 6 heteroatoms. The quantitative estimate of drug-likeness (QED) is 0.731. The van der Waals surface area contributed by atoms with Crippen molar-refractivity contribution in [3.05, 3.63) is 18.3 Å². The molecule has 0 aliphatic carbocycles. The Morgan fingerprint density at radius 3 is 3.24 bits per heavy atom. The molecular weight excluding hydrogens is 220 g/mol. The van der Waals surface area contributed by atoms with Crippen LogP contribution in [0.4, 0.5) is 11.5 Å². The number of nitrogens with one attached hydrogen (secondary N) is 1. The highest BCUT2D eigenvalue weighted by Crippen LogP contribution is 2.24. The van der Waals surface area contributed by atoms with Gasteiger partial charge in [-0.05, 0) is 12.1 Å². The molecule has 1 saturated heterocycles. The maximum atomic E-state index is 11.8. The molecule has 0 bridgehead atoms. The number of carbonyl (C=O) groups excluding carboxylic acids is 1. The third-order valence-electron chi connectivity index (χ3n) is 2.80. The van der Waals surface area contributed by atoms with Crippen LogP contribution < -0.4 is 16.0 Å². The topological polar surface area (TPSA) is 80.5 Å². The van der Waals surface area contributed by atoms with Gasteiger partial charge < -0.3 is 20.7 Å². The SMILES string of the molecule is CNC(=O)C1COCCN1c1cccnc1N. The number of rotatable bonds is 2. The molecule has 92 valence electrons. The van der Waals surface area contributed by atoms with Gasteiger partial charge in [-0.3, -0.25) is 4.79 Å². The Hall–Kier alpha value is -1.82. The minimum atomic E-state index is -0.347. The summed E-state index contributed by atoms with van der Waals surface area (Å²) >= 11 is 0. The van der Waals surface area contributed by atoms with Crippen LogP contribution in [0.1, 0.15) is 0 Å². The van der Waals surface area contributed by atoms with Gasteiger partial charge in [-0.25, -0.2) is 4.98 Å². The van der Waals surface area contributed by atoms with Crippen LogP contribution in [0.5, 0.6) is 0 Å². The molecule has 1 aliphatic rings. The van der Waals surface area contributed by atoms with Gasteiger partial charge in [0.1, 0.15) is 11.9 Å². The number of nitrogens with two attached hydrogens (primary N) is 1. The second-order valence-electron chi connectivity index (χ2n) is 3.81. The number of anilines is 2. The van der Waals surface area contributed by atoms with Gasteiger partial charge in [-0.2, -0.15) is 0 Å². The first kappa shape index (κ1) is 11.7. The van der Waals surface area contributed by atoms with Crippen LogP contribution in [0.15, 0.2) is 18.3 Å². The number of hydrogen-bond donors (Lipinski definition) is 2. The lowest BCUT2D eigenvalue weighted by molar-refractivity contribution is -0.124. The van der Waals surface area contributed by atoms with E-state index in [0.29, 0.717) is 25.6 Å². The third kappa shape index (κ3) is 2.31. The summed E-state index contributed by atoms with van der Waals surface area (Å²) in [6, 6.07) is 3.33. The van der Waals surface area contributed by atoms with Crippen LogP contribution in [-0.4, -0.2) is 43.7 Å². The van der Waals surface area contributed by atoms with Gasteiger partial charge in [0, 0.05) is 19.8 Å². The molecular formula is C11H16N4O2. The number of hydrogen-bond acceptors (Lipinski definition) is 5. The van der Waals surface area contributed by atoms with E-state index in [2.05, 4.69) is 10.3 Å². The van der Waals surface area contributed by atoms with Gasteiger partial charge >= 0.3 is 0 Å². The Labute approximate surface area is 99.8 Å². The molecule has 2 heterocycles. The summed E-state index contributed by atoms with van der Waals surface area (Å²) in [6.07, 6.45) is 1.63. The molecule has 0 spiro atoms. The predicted octanol–water partition coefficient (Wildman–Crippen LogP) is -0.385. The standard InChI is InChI=1S/C11H16N4O2/c1-13-11(16)9-7-17-6-5-15(9)8-3-2-4-14-10(8)12/h2-4,9H,5-7H2,1H3,(H2,12,14)(H,13,16). The van der Waals surface area contributed by atoms with E-state index in [0.717, 1.165) is 5.69 Å². The van der Waals surface area contributed by atoms with Gasteiger partial charge in [-0.15, -0.1) is 0 Å². The van der Waals surface area contributed by atoms with E-state index < -0.39 is 0 Å². The molecule has 6 nitrogen and oxygen atoms in total. The number of carbonyl (C=O) groups is 1. The second-order valence-corrected chi connectivity index (χ2v) is 3.81. The lowest BCUT2D eigenvalue weighted by Crippen LogP contribution is -2.53. The van der Waals surface area contributed by atoms with Crippen molar-refractivity contribution in [2.45, 2.75) is 6.04 Å². The Bertz CT molecular complexity index is 410. The van der Waals surface area contributed by atoms with Crippen molar-refractivity contribution < 1.29 is 9.53 Å². The van der Waals surface area contributed by atoms with Gasteiger partial charge in [0.25, 0.3) is 0 Å². The molecule has 0 radical (unpaired) electrons. The number of morpholine rings is 1. The maximum absolute atomic E-state index is 11.8. The predicted molar refractivity (Wildman–Crippen MR) is 64.7 cm³/mol. The van der Waals surface area contributed by atoms with E-state index in [4.69, 9.17) is 10.5 Å². The Balaban J connectivity index is 2.28. The van der Waals surface area contributed by atoms with Crippen molar-refractivity contribution in [1.29, 1.82) is 0 Å². The number of nitrogen functional groups attached to an aromatic ring is 1. The van der Waals surface area contributed by atoms with Crippen LogP contribution in [0.3, 0.4) is 0 Å². The van der Waals surface area contributed by atoms with Crippen molar-refractivity contribution in [2.75, 3.05) is 37.4 Å². The monoisotopic (exact) mass is 236 g/mol. The fourth-order valence-corrected chi connectivity index (χ4v) is 1.93. The van der Waals surface area contributed by atoms with Gasteiger partial charge in [0.2, 0.25) is 5.91 Å². The minimum Gasteiger partial charge on any atom is -0.382 e. The number of amides is 1. The summed E-state index contributed by atoms with van der Waals surface area (Å²) in [5.41, 5.74) is 6.61. The molecule has 1 aromatic rings. The zero-order chi connectivity index (χ0) is 12.3. The van der Waals surface area contributed by atoms with Crippen LogP contribution in [0, 0.1) is 0 Å². The molecule has 2 rings (SSSR count). The molecule has 1 atom stereocenters. The maximum Gasteiger partial charge on any atom is 0.244 e. The van der Waals surface area contributed by atoms with E-state index in [-0.39, 0.29) is 11.9 Å². The Morgan fingerprint density at radius 1 is 1.71 bits per heavy atom. The molecule has 1 unspecified atom stereocenters. The fraction of sp³-hybridized carbons (Fsp3) is 0.455. The zero-order valence-corrected chi connectivity index (χ0v) is 9.72. The van der Waals surface area contributed by atoms with Crippen LogP contribution in [0.2, 0.25) is 0 Å². The van der Waals surface area contributed by atoms with Crippen molar-refractivity contribution in [3.63, 3.8) is 0 Å². The average Bonchev–Trinajstić information content (AvgIpc) is 2.38. The van der Waals surface area contributed by atoms with Crippen molar-refractivity contribution in [3.8, 4) is 0 Å². The highest BCUT2D eigenvalue weighted by atomic mass is 16.5. The molecule has 17 heavy (non-hydrogen) atoms.